The number of halogens is 3. The minimum Gasteiger partial charge on any atom is -0.497 e. The molecule has 3 aromatic rings. The predicted molar refractivity (Wildman–Crippen MR) is 122 cm³/mol. The van der Waals surface area contributed by atoms with Crippen molar-refractivity contribution in [2.45, 2.75) is 19.1 Å². The van der Waals surface area contributed by atoms with Gasteiger partial charge in [-0.2, -0.15) is 18.2 Å². The molecule has 2 aliphatic rings. The van der Waals surface area contributed by atoms with Crippen LogP contribution in [-0.2, 0) is 13.0 Å². The molecule has 1 aromatic heterocycles. The summed E-state index contributed by atoms with van der Waals surface area (Å²) in [5.41, 5.74) is 3.58. The second-order valence-corrected chi connectivity index (χ2v) is 7.74. The third kappa shape index (κ3) is 4.12. The van der Waals surface area contributed by atoms with Crippen molar-refractivity contribution in [3.63, 3.8) is 0 Å². The molecular weight excluding hydrogens is 449 g/mol. The van der Waals surface area contributed by atoms with Crippen LogP contribution in [0.4, 0.5) is 46.8 Å². The van der Waals surface area contributed by atoms with Gasteiger partial charge >= 0.3 is 12.2 Å². The van der Waals surface area contributed by atoms with E-state index in [4.69, 9.17) is 4.74 Å². The van der Waals surface area contributed by atoms with Crippen molar-refractivity contribution in [1.29, 1.82) is 0 Å². The highest BCUT2D eigenvalue weighted by atomic mass is 19.4. The Balaban J connectivity index is 1.56. The molecule has 3 heterocycles. The Morgan fingerprint density at radius 3 is 2.59 bits per heavy atom. The maximum Gasteiger partial charge on any atom is 0.405 e. The minimum absolute atomic E-state index is 0.156. The fourth-order valence-corrected chi connectivity index (χ4v) is 3.84. The molecule has 0 saturated carbocycles. The number of nitrogens with one attached hydrogen (secondary N) is 1. The number of ether oxygens (including phenoxy) is 1. The van der Waals surface area contributed by atoms with Crippen molar-refractivity contribution < 1.29 is 22.7 Å². The Morgan fingerprint density at radius 2 is 1.85 bits per heavy atom. The number of fused-ring (bicyclic) bond motifs is 2. The molecule has 1 N–H and O–H groups in total. The molecule has 8 nitrogen and oxygen atoms in total. The Bertz CT molecular complexity index is 1280. The lowest BCUT2D eigenvalue weighted by Crippen LogP contribution is -2.45. The van der Waals surface area contributed by atoms with Gasteiger partial charge in [-0.15, -0.1) is 0 Å². The summed E-state index contributed by atoms with van der Waals surface area (Å²) >= 11 is 0. The zero-order valence-electron chi connectivity index (χ0n) is 18.0. The molecule has 0 radical (unpaired) electrons. The van der Waals surface area contributed by atoms with Gasteiger partial charge in [0.05, 0.1) is 25.0 Å². The van der Waals surface area contributed by atoms with E-state index in [-0.39, 0.29) is 18.3 Å². The lowest BCUT2D eigenvalue weighted by molar-refractivity contribution is -0.115. The molecule has 0 atom stereocenters. The topological polar surface area (TPSA) is 83.0 Å². The average molecular weight is 468 g/mol. The van der Waals surface area contributed by atoms with Crippen molar-refractivity contribution in [3.8, 4) is 5.75 Å². The molecule has 34 heavy (non-hydrogen) atoms. The van der Waals surface area contributed by atoms with Gasteiger partial charge in [0.1, 0.15) is 12.3 Å². The summed E-state index contributed by atoms with van der Waals surface area (Å²) in [6, 6.07) is 12.0. The van der Waals surface area contributed by atoms with Gasteiger partial charge in [0, 0.05) is 30.1 Å². The summed E-state index contributed by atoms with van der Waals surface area (Å²) in [6.07, 6.45) is -0.444. The van der Waals surface area contributed by atoms with Crippen molar-refractivity contribution in [2.24, 2.45) is 4.99 Å². The largest absolute Gasteiger partial charge is 0.497 e. The molecule has 0 unspecified atom stereocenters. The van der Waals surface area contributed by atoms with Crippen molar-refractivity contribution in [3.05, 3.63) is 59.8 Å². The standard InChI is InChI=1S/C23H19F3N6O2/c1-34-18-6-4-16(5-7-18)32-20-15(11-28-21(30-20)29-13-23(24,25)26)12-31(22(32)33)17-3-2-14-8-9-27-19(14)10-17/h2-7,9-11H,8,12-13H2,1H3,(H,28,29,30). The van der Waals surface area contributed by atoms with Crippen LogP contribution >= 0.6 is 0 Å². The highest BCUT2D eigenvalue weighted by Gasteiger charge is 2.35. The molecule has 5 rings (SSSR count). The molecule has 0 spiro atoms. The minimum atomic E-state index is -4.43. The van der Waals surface area contributed by atoms with E-state index in [0.717, 1.165) is 17.7 Å². The summed E-state index contributed by atoms with van der Waals surface area (Å²) < 4.78 is 43.2. The van der Waals surface area contributed by atoms with Crippen LogP contribution < -0.4 is 19.9 Å². The number of aliphatic imine (C=N–C) groups is 1. The number of carbonyl (C=O) groups excluding carboxylic acids is 1. The summed E-state index contributed by atoms with van der Waals surface area (Å²) in [4.78, 5) is 29.3. The Morgan fingerprint density at radius 1 is 1.09 bits per heavy atom. The molecule has 0 bridgehead atoms. The number of alkyl halides is 3. The maximum absolute atomic E-state index is 13.7. The zero-order valence-corrected chi connectivity index (χ0v) is 18.0. The summed E-state index contributed by atoms with van der Waals surface area (Å²) in [7, 11) is 1.53. The smallest absolute Gasteiger partial charge is 0.405 e. The molecule has 2 amide bonds. The Hall–Kier alpha value is -4.15. The van der Waals surface area contributed by atoms with Gasteiger partial charge < -0.3 is 10.1 Å². The second-order valence-electron chi connectivity index (χ2n) is 7.74. The van der Waals surface area contributed by atoms with Crippen LogP contribution in [0.2, 0.25) is 0 Å². The van der Waals surface area contributed by atoms with Gasteiger partial charge in [0.2, 0.25) is 5.95 Å². The van der Waals surface area contributed by atoms with Crippen LogP contribution in [0.25, 0.3) is 0 Å². The fourth-order valence-electron chi connectivity index (χ4n) is 3.84. The van der Waals surface area contributed by atoms with Crippen molar-refractivity contribution >= 4 is 41.1 Å². The molecular formula is C23H19F3N6O2. The Labute approximate surface area is 192 Å². The van der Waals surface area contributed by atoms with Crippen LogP contribution in [-0.4, -0.2) is 42.0 Å². The number of hydrogen-bond donors (Lipinski definition) is 1. The number of urea groups is 1. The van der Waals surface area contributed by atoms with Crippen LogP contribution in [0.15, 0.2) is 53.7 Å². The second kappa shape index (κ2) is 8.32. The monoisotopic (exact) mass is 468 g/mol. The quantitative estimate of drug-likeness (QED) is 0.570. The SMILES string of the molecule is COc1ccc(N2C(=O)N(c3ccc4c(c3)N=CC4)Cc3cnc(NCC(F)(F)F)nc32)cc1. The number of nitrogens with zero attached hydrogens (tertiary/aromatic N) is 5. The van der Waals surface area contributed by atoms with Crippen LogP contribution in [0.1, 0.15) is 11.1 Å². The number of methoxy groups -OCH3 is 1. The molecule has 0 fully saturated rings. The molecule has 2 aromatic carbocycles. The summed E-state index contributed by atoms with van der Waals surface area (Å²) in [6.45, 7) is -1.13. The van der Waals surface area contributed by atoms with Gasteiger partial charge in [-0.05, 0) is 42.0 Å². The van der Waals surface area contributed by atoms with Gasteiger partial charge in [-0.25, -0.2) is 14.7 Å². The number of carbonyl (C=O) groups is 1. The van der Waals surface area contributed by atoms with Crippen LogP contribution in [0.5, 0.6) is 5.75 Å². The first-order valence-corrected chi connectivity index (χ1v) is 10.4. The van der Waals surface area contributed by atoms with Crippen molar-refractivity contribution in [1.82, 2.24) is 9.97 Å². The fraction of sp³-hybridized carbons (Fsp3) is 0.217. The van der Waals surface area contributed by atoms with E-state index in [1.165, 1.54) is 18.2 Å². The lowest BCUT2D eigenvalue weighted by Gasteiger charge is -2.36. The zero-order chi connectivity index (χ0) is 23.9. The Kier molecular flexibility index (Phi) is 5.31. The molecule has 0 aliphatic carbocycles. The summed E-state index contributed by atoms with van der Waals surface area (Å²) in [5, 5.41) is 2.18. The van der Waals surface area contributed by atoms with Crippen LogP contribution in [0.3, 0.4) is 0 Å². The first-order valence-electron chi connectivity index (χ1n) is 10.4. The number of aromatic nitrogens is 2. The maximum atomic E-state index is 13.7. The highest BCUT2D eigenvalue weighted by molar-refractivity contribution is 6.10. The first-order chi connectivity index (χ1) is 16.3. The number of amides is 2. The third-order valence-corrected chi connectivity index (χ3v) is 5.50. The third-order valence-electron chi connectivity index (χ3n) is 5.50. The molecule has 2 aliphatic heterocycles. The van der Waals surface area contributed by atoms with Gasteiger partial charge in [-0.3, -0.25) is 9.89 Å². The van der Waals surface area contributed by atoms with E-state index in [1.54, 1.807) is 29.2 Å². The van der Waals surface area contributed by atoms with E-state index in [0.29, 0.717) is 22.7 Å². The van der Waals surface area contributed by atoms with Crippen molar-refractivity contribution in [2.75, 3.05) is 28.8 Å². The van der Waals surface area contributed by atoms with E-state index >= 15 is 0 Å². The molecule has 11 heteroatoms. The van der Waals surface area contributed by atoms with Gasteiger partial charge in [-0.1, -0.05) is 6.07 Å². The van der Waals surface area contributed by atoms with E-state index in [2.05, 4.69) is 20.3 Å². The molecule has 174 valence electrons. The normalized spacial score (nSPS) is 14.8. The number of benzene rings is 2. The number of anilines is 4. The van der Waals surface area contributed by atoms with Gasteiger partial charge in [0.15, 0.2) is 5.82 Å². The van der Waals surface area contributed by atoms with E-state index in [9.17, 15) is 18.0 Å². The summed E-state index contributed by atoms with van der Waals surface area (Å²) in [5.74, 6) is 0.588. The van der Waals surface area contributed by atoms with Crippen LogP contribution in [0, 0.1) is 0 Å². The number of hydrogen-bond acceptors (Lipinski definition) is 6. The number of rotatable bonds is 5. The van der Waals surface area contributed by atoms with E-state index in [1.807, 2.05) is 24.4 Å². The van der Waals surface area contributed by atoms with E-state index < -0.39 is 18.8 Å². The average Bonchev–Trinajstić information content (AvgIpc) is 3.30. The highest BCUT2D eigenvalue weighted by Crippen LogP contribution is 2.38. The first kappa shape index (κ1) is 21.7. The molecule has 0 saturated heterocycles. The lowest BCUT2D eigenvalue weighted by atomic mass is 10.1. The van der Waals surface area contributed by atoms with Gasteiger partial charge in [0.25, 0.3) is 0 Å². The predicted octanol–water partition coefficient (Wildman–Crippen LogP) is 5.00.